The predicted molar refractivity (Wildman–Crippen MR) is 69.9 cm³/mol. The smallest absolute Gasteiger partial charge is 0.145 e. The van der Waals surface area contributed by atoms with Crippen LogP contribution in [0.4, 0.5) is 0 Å². The number of furan rings is 1. The summed E-state index contributed by atoms with van der Waals surface area (Å²) in [5.41, 5.74) is 0.959. The summed E-state index contributed by atoms with van der Waals surface area (Å²) in [7, 11) is 0. The van der Waals surface area contributed by atoms with Gasteiger partial charge in [0.25, 0.3) is 0 Å². The molecule has 1 aliphatic rings. The van der Waals surface area contributed by atoms with Crippen LogP contribution in [0.25, 0.3) is 11.3 Å². The highest BCUT2D eigenvalue weighted by atomic mass is 16.5. The molecule has 0 aliphatic carbocycles. The summed E-state index contributed by atoms with van der Waals surface area (Å²) in [5.74, 6) is 2.53. The first-order valence-electron chi connectivity index (χ1n) is 5.96. The number of amidine groups is 1. The number of nitrogens with one attached hydrogen (secondary N) is 1. The first-order valence-corrected chi connectivity index (χ1v) is 5.96. The molecule has 0 saturated carbocycles. The predicted octanol–water partition coefficient (Wildman–Crippen LogP) is 2.33. The summed E-state index contributed by atoms with van der Waals surface area (Å²) in [6.45, 7) is 2.20. The number of para-hydroxylation sites is 1. The van der Waals surface area contributed by atoms with Crippen LogP contribution >= 0.6 is 0 Å². The third-order valence-electron chi connectivity index (χ3n) is 2.78. The van der Waals surface area contributed by atoms with Gasteiger partial charge in [-0.1, -0.05) is 12.1 Å². The third-order valence-corrected chi connectivity index (χ3v) is 2.78. The highest BCUT2D eigenvalue weighted by Gasteiger charge is 2.10. The van der Waals surface area contributed by atoms with E-state index >= 15 is 0 Å². The topological polar surface area (TPSA) is 46.8 Å². The molecule has 2 aromatic rings. The van der Waals surface area contributed by atoms with Gasteiger partial charge in [-0.2, -0.15) is 0 Å². The van der Waals surface area contributed by atoms with Gasteiger partial charge in [0.05, 0.1) is 18.4 Å². The van der Waals surface area contributed by atoms with Crippen molar-refractivity contribution in [1.29, 1.82) is 0 Å². The van der Waals surface area contributed by atoms with Crippen molar-refractivity contribution in [3.63, 3.8) is 0 Å². The van der Waals surface area contributed by atoms with E-state index in [1.54, 1.807) is 6.26 Å². The van der Waals surface area contributed by atoms with Gasteiger partial charge in [-0.05, 0) is 24.3 Å². The van der Waals surface area contributed by atoms with Gasteiger partial charge in [0.2, 0.25) is 0 Å². The van der Waals surface area contributed by atoms with E-state index < -0.39 is 0 Å². The number of aliphatic imine (C=N–C) groups is 1. The lowest BCUT2D eigenvalue weighted by Gasteiger charge is -2.10. The molecule has 2 heterocycles. The van der Waals surface area contributed by atoms with Gasteiger partial charge in [-0.15, -0.1) is 0 Å². The van der Waals surface area contributed by atoms with E-state index in [4.69, 9.17) is 9.15 Å². The Hall–Kier alpha value is -2.23. The Bertz CT molecular complexity index is 547. The van der Waals surface area contributed by atoms with Crippen LogP contribution in [0.3, 0.4) is 0 Å². The van der Waals surface area contributed by atoms with E-state index in [9.17, 15) is 0 Å². The Morgan fingerprint density at radius 3 is 2.94 bits per heavy atom. The fraction of sp³-hybridized carbons (Fsp3) is 0.214. The molecule has 92 valence electrons. The molecule has 0 spiro atoms. The van der Waals surface area contributed by atoms with Crippen LogP contribution < -0.4 is 10.1 Å². The van der Waals surface area contributed by atoms with Crippen LogP contribution in [0.2, 0.25) is 0 Å². The van der Waals surface area contributed by atoms with Crippen LogP contribution in [0.5, 0.6) is 5.75 Å². The molecule has 1 aromatic carbocycles. The fourth-order valence-electron chi connectivity index (χ4n) is 1.92. The van der Waals surface area contributed by atoms with E-state index in [0.717, 1.165) is 36.0 Å². The monoisotopic (exact) mass is 242 g/mol. The van der Waals surface area contributed by atoms with Crippen LogP contribution in [0.1, 0.15) is 0 Å². The average Bonchev–Trinajstić information content (AvgIpc) is 3.10. The summed E-state index contributed by atoms with van der Waals surface area (Å²) in [4.78, 5) is 4.30. The Morgan fingerprint density at radius 1 is 1.22 bits per heavy atom. The van der Waals surface area contributed by atoms with Crippen molar-refractivity contribution in [3.05, 3.63) is 42.7 Å². The highest BCUT2D eigenvalue weighted by molar-refractivity contribution is 5.85. The van der Waals surface area contributed by atoms with Crippen molar-refractivity contribution < 1.29 is 9.15 Å². The van der Waals surface area contributed by atoms with Gasteiger partial charge in [0, 0.05) is 6.54 Å². The number of rotatable bonds is 4. The summed E-state index contributed by atoms with van der Waals surface area (Å²) in [6.07, 6.45) is 1.66. The minimum atomic E-state index is 0.470. The van der Waals surface area contributed by atoms with Crippen molar-refractivity contribution in [3.8, 4) is 17.1 Å². The third kappa shape index (κ3) is 2.22. The van der Waals surface area contributed by atoms with Gasteiger partial charge in [0.1, 0.15) is 24.0 Å². The minimum Gasteiger partial charge on any atom is -0.485 e. The average molecular weight is 242 g/mol. The maximum absolute atomic E-state index is 5.79. The Morgan fingerprint density at radius 2 is 2.17 bits per heavy atom. The van der Waals surface area contributed by atoms with Crippen molar-refractivity contribution in [2.45, 2.75) is 0 Å². The lowest BCUT2D eigenvalue weighted by Crippen LogP contribution is -2.24. The molecular formula is C14H14N2O2. The molecule has 0 fully saturated rings. The molecule has 1 aliphatic heterocycles. The number of hydrogen-bond acceptors (Lipinski definition) is 4. The normalized spacial score (nSPS) is 14.1. The Labute approximate surface area is 105 Å². The summed E-state index contributed by atoms with van der Waals surface area (Å²) >= 11 is 0. The first kappa shape index (κ1) is 10.9. The minimum absolute atomic E-state index is 0.470. The van der Waals surface area contributed by atoms with E-state index in [0.29, 0.717) is 6.61 Å². The highest BCUT2D eigenvalue weighted by Crippen LogP contribution is 2.29. The standard InChI is InChI=1S/C14H14N2O2/c1-2-5-13(18-10-14-15-7-8-16-14)11(4-1)12-6-3-9-17-12/h1-6,9H,7-8,10H2,(H,15,16). The summed E-state index contributed by atoms with van der Waals surface area (Å²) in [5, 5.41) is 3.18. The number of ether oxygens (including phenoxy) is 1. The maximum atomic E-state index is 5.79. The lowest BCUT2D eigenvalue weighted by molar-refractivity contribution is 0.374. The zero-order valence-corrected chi connectivity index (χ0v) is 9.93. The molecule has 0 saturated heterocycles. The molecule has 18 heavy (non-hydrogen) atoms. The molecule has 4 nitrogen and oxygen atoms in total. The summed E-state index contributed by atoms with van der Waals surface area (Å²) in [6, 6.07) is 11.6. The maximum Gasteiger partial charge on any atom is 0.145 e. The van der Waals surface area contributed by atoms with Crippen LogP contribution in [-0.4, -0.2) is 25.5 Å². The van der Waals surface area contributed by atoms with E-state index in [2.05, 4.69) is 10.3 Å². The molecule has 0 atom stereocenters. The van der Waals surface area contributed by atoms with Crippen LogP contribution in [-0.2, 0) is 0 Å². The largest absolute Gasteiger partial charge is 0.485 e. The number of nitrogens with zero attached hydrogens (tertiary/aromatic N) is 1. The molecule has 1 N–H and O–H groups in total. The zero-order valence-electron chi connectivity index (χ0n) is 9.93. The lowest BCUT2D eigenvalue weighted by atomic mass is 10.1. The number of benzene rings is 1. The molecule has 3 rings (SSSR count). The molecule has 4 heteroatoms. The fourth-order valence-corrected chi connectivity index (χ4v) is 1.92. The van der Waals surface area contributed by atoms with Gasteiger partial charge in [0.15, 0.2) is 0 Å². The van der Waals surface area contributed by atoms with Gasteiger partial charge < -0.3 is 14.5 Å². The van der Waals surface area contributed by atoms with Crippen molar-refractivity contribution in [2.75, 3.05) is 19.7 Å². The van der Waals surface area contributed by atoms with Gasteiger partial charge >= 0.3 is 0 Å². The van der Waals surface area contributed by atoms with E-state index in [-0.39, 0.29) is 0 Å². The van der Waals surface area contributed by atoms with Crippen molar-refractivity contribution >= 4 is 5.84 Å². The van der Waals surface area contributed by atoms with Gasteiger partial charge in [-0.3, -0.25) is 4.99 Å². The molecule has 0 amide bonds. The Balaban J connectivity index is 1.79. The Kier molecular flexibility index (Phi) is 3.00. The summed E-state index contributed by atoms with van der Waals surface area (Å²) < 4.78 is 11.2. The second kappa shape index (κ2) is 4.96. The zero-order chi connectivity index (χ0) is 12.2. The van der Waals surface area contributed by atoms with Crippen molar-refractivity contribution in [1.82, 2.24) is 5.32 Å². The first-order chi connectivity index (χ1) is 8.93. The van der Waals surface area contributed by atoms with E-state index in [1.807, 2.05) is 36.4 Å². The molecule has 0 bridgehead atoms. The number of hydrogen-bond donors (Lipinski definition) is 1. The van der Waals surface area contributed by atoms with E-state index in [1.165, 1.54) is 0 Å². The van der Waals surface area contributed by atoms with Crippen molar-refractivity contribution in [2.24, 2.45) is 4.99 Å². The molecule has 1 aromatic heterocycles. The second-order valence-corrected chi connectivity index (χ2v) is 4.02. The second-order valence-electron chi connectivity index (χ2n) is 4.02. The van der Waals surface area contributed by atoms with Crippen LogP contribution in [0.15, 0.2) is 52.1 Å². The SMILES string of the molecule is c1coc(-c2ccccc2OCC2=NCCN2)c1. The molecular weight excluding hydrogens is 228 g/mol. The quantitative estimate of drug-likeness (QED) is 0.895. The van der Waals surface area contributed by atoms with Gasteiger partial charge in [-0.25, -0.2) is 0 Å². The molecule has 0 radical (unpaired) electrons. The molecule has 0 unspecified atom stereocenters. The van der Waals surface area contributed by atoms with Crippen LogP contribution in [0, 0.1) is 0 Å².